The lowest BCUT2D eigenvalue weighted by molar-refractivity contribution is 0.409. The first kappa shape index (κ1) is 13.4. The maximum Gasteiger partial charge on any atom is 0.324 e. The molecule has 1 aromatic carbocycles. The maximum atomic E-state index is 14.3. The fourth-order valence-electron chi connectivity index (χ4n) is 2.15. The van der Waals surface area contributed by atoms with Gasteiger partial charge < -0.3 is 10.1 Å². The molecule has 0 radical (unpaired) electrons. The first-order chi connectivity index (χ1) is 9.52. The first-order valence-electron chi connectivity index (χ1n) is 5.99. The molecule has 20 heavy (non-hydrogen) atoms. The number of nitrogens with one attached hydrogen (secondary N) is 1. The van der Waals surface area contributed by atoms with Crippen LogP contribution in [-0.2, 0) is 6.42 Å². The van der Waals surface area contributed by atoms with Gasteiger partial charge in [-0.1, -0.05) is 23.2 Å². The summed E-state index contributed by atoms with van der Waals surface area (Å²) < 4.78 is 19.7. The molecule has 1 aromatic heterocycles. The third-order valence-electron chi connectivity index (χ3n) is 2.96. The number of hydrogen-bond acceptors (Lipinski definition) is 4. The summed E-state index contributed by atoms with van der Waals surface area (Å²) in [7, 11) is 0. The van der Waals surface area contributed by atoms with Crippen molar-refractivity contribution in [1.82, 2.24) is 9.97 Å². The summed E-state index contributed by atoms with van der Waals surface area (Å²) >= 11 is 11.5. The third-order valence-corrected chi connectivity index (χ3v) is 3.35. The number of rotatable bonds is 2. The van der Waals surface area contributed by atoms with Crippen LogP contribution in [0, 0.1) is 5.82 Å². The van der Waals surface area contributed by atoms with Gasteiger partial charge in [0, 0.05) is 23.4 Å². The number of fused-ring (bicyclic) bond motifs is 1. The van der Waals surface area contributed by atoms with Crippen LogP contribution in [0.3, 0.4) is 0 Å². The van der Waals surface area contributed by atoms with Crippen molar-refractivity contribution in [1.29, 1.82) is 0 Å². The highest BCUT2D eigenvalue weighted by molar-refractivity contribution is 6.33. The number of benzene rings is 1. The lowest BCUT2D eigenvalue weighted by Gasteiger charge is -2.08. The minimum atomic E-state index is -0.418. The minimum absolute atomic E-state index is 0.0537. The quantitative estimate of drug-likeness (QED) is 0.849. The van der Waals surface area contributed by atoms with E-state index in [0.717, 1.165) is 5.69 Å². The van der Waals surface area contributed by atoms with Gasteiger partial charge in [-0.05, 0) is 25.5 Å². The minimum Gasteiger partial charge on any atom is -0.421 e. The van der Waals surface area contributed by atoms with Crippen LogP contribution in [0.4, 0.5) is 10.1 Å². The molecule has 1 atom stereocenters. The van der Waals surface area contributed by atoms with Crippen molar-refractivity contribution in [2.75, 3.05) is 5.32 Å². The molecule has 0 amide bonds. The molecule has 1 aliphatic heterocycles. The fraction of sp³-hybridized carbons (Fsp3) is 0.231. The Kier molecular flexibility index (Phi) is 3.40. The lowest BCUT2D eigenvalue weighted by atomic mass is 10.1. The second-order valence-electron chi connectivity index (χ2n) is 4.55. The highest BCUT2D eigenvalue weighted by Gasteiger charge is 2.23. The molecule has 1 N–H and O–H groups in total. The second-order valence-corrected chi connectivity index (χ2v) is 5.33. The van der Waals surface area contributed by atoms with Crippen LogP contribution in [0.2, 0.25) is 10.3 Å². The van der Waals surface area contributed by atoms with Gasteiger partial charge in [-0.3, -0.25) is 0 Å². The van der Waals surface area contributed by atoms with Crippen LogP contribution in [0.5, 0.6) is 11.8 Å². The Morgan fingerprint density at radius 3 is 2.70 bits per heavy atom. The maximum absolute atomic E-state index is 14.3. The molecule has 1 unspecified atom stereocenters. The number of hydrogen-bond donors (Lipinski definition) is 1. The largest absolute Gasteiger partial charge is 0.421 e. The summed E-state index contributed by atoms with van der Waals surface area (Å²) in [6.45, 7) is 1.99. The van der Waals surface area contributed by atoms with Crippen molar-refractivity contribution >= 4 is 28.9 Å². The Morgan fingerprint density at radius 1 is 1.30 bits per heavy atom. The van der Waals surface area contributed by atoms with Crippen LogP contribution in [0.15, 0.2) is 18.2 Å². The first-order valence-corrected chi connectivity index (χ1v) is 6.74. The predicted octanol–water partition coefficient (Wildman–Crippen LogP) is 4.07. The Hall–Kier alpha value is -1.59. The zero-order valence-electron chi connectivity index (χ0n) is 10.5. The van der Waals surface area contributed by atoms with Gasteiger partial charge in [0.2, 0.25) is 0 Å². The van der Waals surface area contributed by atoms with Crippen molar-refractivity contribution in [2.45, 2.75) is 19.4 Å². The van der Waals surface area contributed by atoms with E-state index in [-0.39, 0.29) is 28.1 Å². The Balaban J connectivity index is 1.94. The molecule has 0 bridgehead atoms. The van der Waals surface area contributed by atoms with Gasteiger partial charge >= 0.3 is 6.01 Å². The number of nitrogens with zero attached hydrogens (tertiary/aromatic N) is 2. The molecule has 4 nitrogen and oxygen atoms in total. The summed E-state index contributed by atoms with van der Waals surface area (Å²) in [5.41, 5.74) is 1.38. The average Bonchev–Trinajstić information content (AvgIpc) is 2.73. The Bertz CT molecular complexity index is 661. The Morgan fingerprint density at radius 2 is 2.00 bits per heavy atom. The van der Waals surface area contributed by atoms with Crippen molar-refractivity contribution in [3.8, 4) is 11.8 Å². The number of aromatic nitrogens is 2. The van der Waals surface area contributed by atoms with Crippen molar-refractivity contribution < 1.29 is 9.13 Å². The predicted molar refractivity (Wildman–Crippen MR) is 75.3 cm³/mol. The van der Waals surface area contributed by atoms with E-state index in [1.165, 1.54) is 12.1 Å². The molecule has 0 saturated heterocycles. The highest BCUT2D eigenvalue weighted by atomic mass is 35.5. The van der Waals surface area contributed by atoms with E-state index in [1.807, 2.05) is 6.92 Å². The van der Waals surface area contributed by atoms with E-state index >= 15 is 0 Å². The Labute approximate surface area is 124 Å². The molecule has 2 aromatic rings. The molecule has 3 rings (SSSR count). The van der Waals surface area contributed by atoms with E-state index in [0.29, 0.717) is 12.0 Å². The normalized spacial score (nSPS) is 16.7. The van der Waals surface area contributed by atoms with Crippen molar-refractivity contribution in [3.05, 3.63) is 39.9 Å². The van der Waals surface area contributed by atoms with Gasteiger partial charge in [0.25, 0.3) is 0 Å². The molecule has 0 aliphatic carbocycles. The van der Waals surface area contributed by atoms with Crippen LogP contribution in [-0.4, -0.2) is 16.0 Å². The second kappa shape index (κ2) is 5.07. The third kappa shape index (κ3) is 2.51. The smallest absolute Gasteiger partial charge is 0.324 e. The molecular formula is C13H10Cl2FN3O. The molecule has 0 spiro atoms. The van der Waals surface area contributed by atoms with E-state index < -0.39 is 5.82 Å². The number of ether oxygens (including phenoxy) is 1. The van der Waals surface area contributed by atoms with E-state index in [1.54, 1.807) is 6.07 Å². The zero-order valence-corrected chi connectivity index (χ0v) is 12.0. The van der Waals surface area contributed by atoms with E-state index in [4.69, 9.17) is 27.9 Å². The standard InChI is InChI=1S/C13H10Cl2FN3O/c1-6-4-7-8(17-6)2-3-9(12(7)16)20-13-18-10(14)5-11(15)19-13/h2-3,5-6,17H,4H2,1H3. The van der Waals surface area contributed by atoms with E-state index in [9.17, 15) is 4.39 Å². The SMILES string of the molecule is CC1Cc2c(ccc(Oc3nc(Cl)cc(Cl)n3)c2F)N1. The molecule has 7 heteroatoms. The molecular weight excluding hydrogens is 304 g/mol. The van der Waals surface area contributed by atoms with Crippen LogP contribution < -0.4 is 10.1 Å². The summed E-state index contributed by atoms with van der Waals surface area (Å²) in [4.78, 5) is 7.69. The molecule has 104 valence electrons. The topological polar surface area (TPSA) is 47.0 Å². The lowest BCUT2D eigenvalue weighted by Crippen LogP contribution is -2.08. The zero-order chi connectivity index (χ0) is 14.3. The van der Waals surface area contributed by atoms with E-state index in [2.05, 4.69) is 15.3 Å². The highest BCUT2D eigenvalue weighted by Crippen LogP contribution is 2.34. The van der Waals surface area contributed by atoms with Gasteiger partial charge in [0.1, 0.15) is 10.3 Å². The van der Waals surface area contributed by atoms with Gasteiger partial charge in [0.15, 0.2) is 11.6 Å². The van der Waals surface area contributed by atoms with Crippen molar-refractivity contribution in [3.63, 3.8) is 0 Å². The molecule has 2 heterocycles. The molecule has 1 aliphatic rings. The average molecular weight is 314 g/mol. The summed E-state index contributed by atoms with van der Waals surface area (Å²) in [6.07, 6.45) is 0.607. The molecule has 0 saturated carbocycles. The number of anilines is 1. The summed E-state index contributed by atoms with van der Waals surface area (Å²) in [5, 5.41) is 3.45. The van der Waals surface area contributed by atoms with Gasteiger partial charge in [-0.25, -0.2) is 4.39 Å². The van der Waals surface area contributed by atoms with Crippen LogP contribution >= 0.6 is 23.2 Å². The van der Waals surface area contributed by atoms with Gasteiger partial charge in [-0.15, -0.1) is 0 Å². The summed E-state index contributed by atoms with van der Waals surface area (Å²) in [6, 6.07) is 4.79. The van der Waals surface area contributed by atoms with Crippen LogP contribution in [0.1, 0.15) is 12.5 Å². The number of halogens is 3. The summed E-state index contributed by atoms with van der Waals surface area (Å²) in [5.74, 6) is -0.364. The van der Waals surface area contributed by atoms with Crippen LogP contribution in [0.25, 0.3) is 0 Å². The fourth-order valence-corrected chi connectivity index (χ4v) is 2.56. The monoisotopic (exact) mass is 313 g/mol. The van der Waals surface area contributed by atoms with Crippen molar-refractivity contribution in [2.24, 2.45) is 0 Å². The molecule has 0 fully saturated rings. The van der Waals surface area contributed by atoms with Gasteiger partial charge in [0.05, 0.1) is 0 Å². The van der Waals surface area contributed by atoms with Gasteiger partial charge in [-0.2, -0.15) is 9.97 Å².